The van der Waals surface area contributed by atoms with E-state index in [9.17, 15) is 14.0 Å². The van der Waals surface area contributed by atoms with Crippen LogP contribution in [0.15, 0.2) is 36.5 Å². The molecule has 1 atom stereocenters. The summed E-state index contributed by atoms with van der Waals surface area (Å²) in [7, 11) is 1.22. The summed E-state index contributed by atoms with van der Waals surface area (Å²) in [5.41, 5.74) is 1.14. The molecule has 0 aliphatic carbocycles. The highest BCUT2D eigenvalue weighted by atomic mass is 19.1. The predicted octanol–water partition coefficient (Wildman–Crippen LogP) is 1.54. The minimum absolute atomic E-state index is 0.157. The van der Waals surface area contributed by atoms with Crippen LogP contribution < -0.4 is 5.32 Å². The van der Waals surface area contributed by atoms with E-state index in [0.29, 0.717) is 11.1 Å². The molecule has 0 radical (unpaired) electrons. The number of hydrogen-bond acceptors (Lipinski definition) is 4. The number of hydrogen-bond donors (Lipinski definition) is 2. The molecule has 0 spiro atoms. The van der Waals surface area contributed by atoms with Gasteiger partial charge >= 0.3 is 5.97 Å². The Morgan fingerprint density at radius 1 is 1.39 bits per heavy atom. The lowest BCUT2D eigenvalue weighted by atomic mass is 10.1. The summed E-state index contributed by atoms with van der Waals surface area (Å²) in [4.78, 5) is 26.6. The molecule has 0 aliphatic rings. The van der Waals surface area contributed by atoms with Crippen LogP contribution in [0.25, 0.3) is 0 Å². The summed E-state index contributed by atoms with van der Waals surface area (Å²) in [6.07, 6.45) is 1.55. The molecule has 6 nitrogen and oxygen atoms in total. The van der Waals surface area contributed by atoms with Gasteiger partial charge in [0.1, 0.15) is 23.6 Å². The minimum Gasteiger partial charge on any atom is -0.467 e. The van der Waals surface area contributed by atoms with Crippen molar-refractivity contribution in [3.63, 3.8) is 0 Å². The second-order valence-electron chi connectivity index (χ2n) is 4.79. The highest BCUT2D eigenvalue weighted by molar-refractivity contribution is 5.95. The van der Waals surface area contributed by atoms with Gasteiger partial charge in [-0.2, -0.15) is 5.26 Å². The highest BCUT2D eigenvalue weighted by Crippen LogP contribution is 2.08. The second kappa shape index (κ2) is 7.22. The van der Waals surface area contributed by atoms with Crippen molar-refractivity contribution in [2.45, 2.75) is 12.5 Å². The summed E-state index contributed by atoms with van der Waals surface area (Å²) < 4.78 is 17.6. The molecular weight excluding hydrogens is 301 g/mol. The number of aromatic nitrogens is 1. The van der Waals surface area contributed by atoms with E-state index in [0.717, 1.165) is 0 Å². The van der Waals surface area contributed by atoms with Crippen molar-refractivity contribution in [3.05, 3.63) is 59.2 Å². The van der Waals surface area contributed by atoms with Gasteiger partial charge in [0.15, 0.2) is 0 Å². The maximum absolute atomic E-state index is 12.9. The van der Waals surface area contributed by atoms with Crippen LogP contribution in [0.3, 0.4) is 0 Å². The van der Waals surface area contributed by atoms with Crippen molar-refractivity contribution in [3.8, 4) is 6.07 Å². The van der Waals surface area contributed by atoms with E-state index in [4.69, 9.17) is 5.26 Å². The van der Waals surface area contributed by atoms with Crippen molar-refractivity contribution in [1.82, 2.24) is 10.3 Å². The van der Waals surface area contributed by atoms with E-state index in [1.54, 1.807) is 0 Å². The molecule has 23 heavy (non-hydrogen) atoms. The maximum atomic E-state index is 12.9. The Morgan fingerprint density at radius 3 is 2.65 bits per heavy atom. The lowest BCUT2D eigenvalue weighted by Gasteiger charge is -2.16. The molecule has 0 bridgehead atoms. The number of methoxy groups -OCH3 is 1. The number of H-pyrrole nitrogens is 1. The van der Waals surface area contributed by atoms with Crippen molar-refractivity contribution in [2.24, 2.45) is 0 Å². The molecule has 0 saturated carbocycles. The topological polar surface area (TPSA) is 95.0 Å². The molecular formula is C16H14FN3O3. The smallest absolute Gasteiger partial charge is 0.328 e. The molecule has 1 unspecified atom stereocenters. The van der Waals surface area contributed by atoms with E-state index in [1.807, 2.05) is 6.07 Å². The molecule has 1 aromatic heterocycles. The zero-order valence-electron chi connectivity index (χ0n) is 12.3. The maximum Gasteiger partial charge on any atom is 0.328 e. The van der Waals surface area contributed by atoms with Crippen LogP contribution in [-0.4, -0.2) is 30.0 Å². The third kappa shape index (κ3) is 4.17. The average molecular weight is 315 g/mol. The zero-order chi connectivity index (χ0) is 16.8. The average Bonchev–Trinajstić information content (AvgIpc) is 3.04. The Hall–Kier alpha value is -3.14. The van der Waals surface area contributed by atoms with E-state index in [-0.39, 0.29) is 17.9 Å². The van der Waals surface area contributed by atoms with E-state index in [2.05, 4.69) is 15.0 Å². The molecule has 118 valence electrons. The van der Waals surface area contributed by atoms with Crippen LogP contribution in [0.4, 0.5) is 4.39 Å². The number of nitriles is 1. The molecule has 2 rings (SSSR count). The van der Waals surface area contributed by atoms with Gasteiger partial charge in [0.05, 0.1) is 12.7 Å². The lowest BCUT2D eigenvalue weighted by Crippen LogP contribution is -2.43. The highest BCUT2D eigenvalue weighted by Gasteiger charge is 2.23. The number of carbonyl (C=O) groups excluding carboxylic acids is 2. The first-order valence-electron chi connectivity index (χ1n) is 6.75. The quantitative estimate of drug-likeness (QED) is 0.818. The number of halogens is 1. The van der Waals surface area contributed by atoms with Gasteiger partial charge in [-0.05, 0) is 23.8 Å². The number of carbonyl (C=O) groups is 2. The van der Waals surface area contributed by atoms with Gasteiger partial charge < -0.3 is 15.0 Å². The molecule has 7 heteroatoms. The standard InChI is InChI=1S/C16H14FN3O3/c1-23-16(22)14(6-10-2-4-12(17)5-3-10)20-15(21)13-7-11(8-18)9-19-13/h2-5,7,9,14,19H,6H2,1H3,(H,20,21). The summed E-state index contributed by atoms with van der Waals surface area (Å²) in [5.74, 6) is -1.54. The van der Waals surface area contributed by atoms with Gasteiger partial charge in [0, 0.05) is 12.6 Å². The molecule has 0 aliphatic heterocycles. The Bertz CT molecular complexity index is 747. The first-order chi connectivity index (χ1) is 11.0. The number of rotatable bonds is 5. The Balaban J connectivity index is 2.12. The molecule has 1 amide bonds. The number of ether oxygens (including phenoxy) is 1. The Morgan fingerprint density at radius 2 is 2.09 bits per heavy atom. The Kier molecular flexibility index (Phi) is 5.10. The first-order valence-corrected chi connectivity index (χ1v) is 6.75. The normalized spacial score (nSPS) is 11.3. The van der Waals surface area contributed by atoms with Gasteiger partial charge in [-0.3, -0.25) is 4.79 Å². The summed E-state index contributed by atoms with van der Waals surface area (Å²) in [6.45, 7) is 0. The fraction of sp³-hybridized carbons (Fsp3) is 0.188. The zero-order valence-corrected chi connectivity index (χ0v) is 12.3. The third-order valence-electron chi connectivity index (χ3n) is 3.20. The monoisotopic (exact) mass is 315 g/mol. The minimum atomic E-state index is -0.924. The number of nitrogens with one attached hydrogen (secondary N) is 2. The van der Waals surface area contributed by atoms with Crippen LogP contribution in [-0.2, 0) is 16.0 Å². The van der Waals surface area contributed by atoms with E-state index >= 15 is 0 Å². The number of aromatic amines is 1. The molecule has 2 N–H and O–H groups in total. The fourth-order valence-corrected chi connectivity index (χ4v) is 2.02. The SMILES string of the molecule is COC(=O)C(Cc1ccc(F)cc1)NC(=O)c1cc(C#N)c[nH]1. The van der Waals surface area contributed by atoms with Gasteiger partial charge in [0.25, 0.3) is 5.91 Å². The fourth-order valence-electron chi connectivity index (χ4n) is 2.02. The van der Waals surface area contributed by atoms with Gasteiger partial charge in [-0.15, -0.1) is 0 Å². The summed E-state index contributed by atoms with van der Waals surface area (Å²) in [6, 6.07) is 7.95. The van der Waals surface area contributed by atoms with Gasteiger partial charge in [-0.25, -0.2) is 9.18 Å². The molecule has 0 saturated heterocycles. The van der Waals surface area contributed by atoms with E-state index in [1.165, 1.54) is 43.6 Å². The van der Waals surface area contributed by atoms with Crippen LogP contribution in [0.2, 0.25) is 0 Å². The van der Waals surface area contributed by atoms with Crippen LogP contribution in [0, 0.1) is 17.1 Å². The summed E-state index contributed by atoms with van der Waals surface area (Å²) in [5, 5.41) is 11.3. The molecule has 1 heterocycles. The van der Waals surface area contributed by atoms with Crippen LogP contribution in [0.5, 0.6) is 0 Å². The van der Waals surface area contributed by atoms with Crippen molar-refractivity contribution < 1.29 is 18.7 Å². The second-order valence-corrected chi connectivity index (χ2v) is 4.79. The van der Waals surface area contributed by atoms with Crippen molar-refractivity contribution in [2.75, 3.05) is 7.11 Å². The number of esters is 1. The summed E-state index contributed by atoms with van der Waals surface area (Å²) >= 11 is 0. The van der Waals surface area contributed by atoms with Crippen molar-refractivity contribution >= 4 is 11.9 Å². The van der Waals surface area contributed by atoms with Gasteiger partial charge in [-0.1, -0.05) is 12.1 Å². The lowest BCUT2D eigenvalue weighted by molar-refractivity contribution is -0.142. The Labute approximate surface area is 131 Å². The van der Waals surface area contributed by atoms with Crippen molar-refractivity contribution in [1.29, 1.82) is 5.26 Å². The predicted molar refractivity (Wildman–Crippen MR) is 78.9 cm³/mol. The first kappa shape index (κ1) is 16.2. The largest absolute Gasteiger partial charge is 0.467 e. The third-order valence-corrected chi connectivity index (χ3v) is 3.20. The molecule has 0 fully saturated rings. The van der Waals surface area contributed by atoms with Crippen LogP contribution in [0.1, 0.15) is 21.6 Å². The van der Waals surface area contributed by atoms with E-state index < -0.39 is 17.9 Å². The number of benzene rings is 1. The molecule has 2 aromatic rings. The van der Waals surface area contributed by atoms with Crippen LogP contribution >= 0.6 is 0 Å². The number of nitrogens with zero attached hydrogens (tertiary/aromatic N) is 1. The molecule has 1 aromatic carbocycles. The van der Waals surface area contributed by atoms with Gasteiger partial charge in [0.2, 0.25) is 0 Å². The number of amides is 1.